The number of nitrogens with zero attached hydrogens (tertiary/aromatic N) is 2. The predicted molar refractivity (Wildman–Crippen MR) is 69.9 cm³/mol. The lowest BCUT2D eigenvalue weighted by Gasteiger charge is -2.05. The molecular weight excluding hydrogens is 317 g/mol. The van der Waals surface area contributed by atoms with Crippen molar-refractivity contribution < 1.29 is 4.74 Å². The van der Waals surface area contributed by atoms with Gasteiger partial charge < -0.3 is 10.5 Å². The molecule has 82 valence electrons. The Labute approximate surface area is 107 Å². The molecule has 0 unspecified atom stereocenters. The standard InChI is InChI=1S/C11H10IN3O/c12-8-1-3-10(4-2-8)16-7-9-5-15-11(13)6-14-9/h1-6H,7H2,(H2,13,15). The van der Waals surface area contributed by atoms with Gasteiger partial charge in [-0.2, -0.15) is 0 Å². The molecule has 0 radical (unpaired) electrons. The highest BCUT2D eigenvalue weighted by atomic mass is 127. The van der Waals surface area contributed by atoms with Crippen LogP contribution in [0.4, 0.5) is 5.82 Å². The summed E-state index contributed by atoms with van der Waals surface area (Å²) in [6.45, 7) is 0.397. The number of rotatable bonds is 3. The van der Waals surface area contributed by atoms with Crippen molar-refractivity contribution in [2.24, 2.45) is 0 Å². The van der Waals surface area contributed by atoms with Gasteiger partial charge in [0.25, 0.3) is 0 Å². The van der Waals surface area contributed by atoms with E-state index in [4.69, 9.17) is 10.5 Å². The topological polar surface area (TPSA) is 61.0 Å². The fraction of sp³-hybridized carbons (Fsp3) is 0.0909. The molecule has 0 spiro atoms. The molecule has 0 fully saturated rings. The van der Waals surface area contributed by atoms with E-state index in [1.54, 1.807) is 6.20 Å². The smallest absolute Gasteiger partial charge is 0.141 e. The van der Waals surface area contributed by atoms with Crippen LogP contribution >= 0.6 is 22.6 Å². The number of hydrogen-bond acceptors (Lipinski definition) is 4. The second-order valence-corrected chi connectivity index (χ2v) is 4.42. The highest BCUT2D eigenvalue weighted by molar-refractivity contribution is 14.1. The molecule has 0 amide bonds. The fourth-order valence-corrected chi connectivity index (χ4v) is 1.49. The van der Waals surface area contributed by atoms with Crippen molar-refractivity contribution in [2.45, 2.75) is 6.61 Å². The van der Waals surface area contributed by atoms with Crippen LogP contribution < -0.4 is 10.5 Å². The number of ether oxygens (including phenoxy) is 1. The molecule has 0 bridgehead atoms. The van der Waals surface area contributed by atoms with Gasteiger partial charge in [-0.3, -0.25) is 4.98 Å². The number of halogens is 1. The van der Waals surface area contributed by atoms with Crippen LogP contribution in [0.3, 0.4) is 0 Å². The first-order valence-electron chi connectivity index (χ1n) is 4.69. The Balaban J connectivity index is 1.97. The van der Waals surface area contributed by atoms with Crippen molar-refractivity contribution in [3.8, 4) is 5.75 Å². The lowest BCUT2D eigenvalue weighted by Crippen LogP contribution is -2.00. The van der Waals surface area contributed by atoms with E-state index in [1.807, 2.05) is 24.3 Å². The van der Waals surface area contributed by atoms with E-state index >= 15 is 0 Å². The summed E-state index contributed by atoms with van der Waals surface area (Å²) in [5.41, 5.74) is 6.19. The molecule has 2 rings (SSSR count). The van der Waals surface area contributed by atoms with E-state index in [2.05, 4.69) is 32.6 Å². The van der Waals surface area contributed by atoms with E-state index in [9.17, 15) is 0 Å². The molecule has 0 atom stereocenters. The van der Waals surface area contributed by atoms with Crippen molar-refractivity contribution in [1.82, 2.24) is 9.97 Å². The first-order chi connectivity index (χ1) is 7.74. The molecule has 0 saturated heterocycles. The summed E-state index contributed by atoms with van der Waals surface area (Å²) >= 11 is 2.25. The zero-order chi connectivity index (χ0) is 11.4. The van der Waals surface area contributed by atoms with Crippen LogP contribution in [0, 0.1) is 3.57 Å². The number of aromatic nitrogens is 2. The first-order valence-corrected chi connectivity index (χ1v) is 5.77. The molecule has 0 saturated carbocycles. The monoisotopic (exact) mass is 327 g/mol. The number of anilines is 1. The lowest BCUT2D eigenvalue weighted by atomic mass is 10.3. The molecule has 0 aliphatic heterocycles. The molecule has 5 heteroatoms. The third-order valence-electron chi connectivity index (χ3n) is 1.93. The van der Waals surface area contributed by atoms with Crippen molar-refractivity contribution in [3.05, 3.63) is 45.9 Å². The largest absolute Gasteiger partial charge is 0.487 e. The third-order valence-corrected chi connectivity index (χ3v) is 2.64. The summed E-state index contributed by atoms with van der Waals surface area (Å²) in [6, 6.07) is 7.83. The Morgan fingerprint density at radius 1 is 1.12 bits per heavy atom. The second-order valence-electron chi connectivity index (χ2n) is 3.18. The summed E-state index contributed by atoms with van der Waals surface area (Å²) in [7, 11) is 0. The molecule has 2 N–H and O–H groups in total. The maximum Gasteiger partial charge on any atom is 0.141 e. The SMILES string of the molecule is Nc1cnc(COc2ccc(I)cc2)cn1. The van der Waals surface area contributed by atoms with Gasteiger partial charge in [0.2, 0.25) is 0 Å². The lowest BCUT2D eigenvalue weighted by molar-refractivity contribution is 0.301. The highest BCUT2D eigenvalue weighted by Crippen LogP contribution is 2.14. The van der Waals surface area contributed by atoms with E-state index in [-0.39, 0.29) is 0 Å². The highest BCUT2D eigenvalue weighted by Gasteiger charge is 1.97. The van der Waals surface area contributed by atoms with Crippen molar-refractivity contribution in [2.75, 3.05) is 5.73 Å². The maximum atomic E-state index is 5.54. The average Bonchev–Trinajstić information content (AvgIpc) is 2.30. The quantitative estimate of drug-likeness (QED) is 0.879. The van der Waals surface area contributed by atoms with Crippen molar-refractivity contribution in [3.63, 3.8) is 0 Å². The summed E-state index contributed by atoms with van der Waals surface area (Å²) < 4.78 is 6.72. The average molecular weight is 327 g/mol. The molecule has 1 aromatic heterocycles. The van der Waals surface area contributed by atoms with Gasteiger partial charge in [-0.1, -0.05) is 0 Å². The Hall–Kier alpha value is -1.37. The van der Waals surface area contributed by atoms with Gasteiger partial charge in [-0.25, -0.2) is 4.98 Å². The van der Waals surface area contributed by atoms with Crippen LogP contribution in [0.25, 0.3) is 0 Å². The molecular formula is C11H10IN3O. The normalized spacial score (nSPS) is 10.1. The number of nitrogens with two attached hydrogens (primary N) is 1. The Bertz CT molecular complexity index is 410. The molecule has 2 aromatic rings. The molecule has 4 nitrogen and oxygen atoms in total. The van der Waals surface area contributed by atoms with Crippen molar-refractivity contribution >= 4 is 28.4 Å². The predicted octanol–water partition coefficient (Wildman–Crippen LogP) is 2.24. The van der Waals surface area contributed by atoms with E-state index in [1.165, 1.54) is 9.77 Å². The number of nitrogen functional groups attached to an aromatic ring is 1. The Morgan fingerprint density at radius 2 is 1.88 bits per heavy atom. The zero-order valence-corrected chi connectivity index (χ0v) is 10.6. The van der Waals surface area contributed by atoms with Gasteiger partial charge in [0.05, 0.1) is 18.1 Å². The minimum atomic E-state index is 0.397. The van der Waals surface area contributed by atoms with Crippen LogP contribution in [0.2, 0.25) is 0 Å². The van der Waals surface area contributed by atoms with Crippen LogP contribution in [0.1, 0.15) is 5.69 Å². The van der Waals surface area contributed by atoms with Gasteiger partial charge in [-0.15, -0.1) is 0 Å². The molecule has 1 aromatic carbocycles. The van der Waals surface area contributed by atoms with Gasteiger partial charge in [0, 0.05) is 3.57 Å². The number of hydrogen-bond donors (Lipinski definition) is 1. The summed E-state index contributed by atoms with van der Waals surface area (Å²) in [4.78, 5) is 8.04. The Kier molecular flexibility index (Phi) is 3.55. The Morgan fingerprint density at radius 3 is 2.50 bits per heavy atom. The summed E-state index contributed by atoms with van der Waals surface area (Å²) in [6.07, 6.45) is 3.13. The van der Waals surface area contributed by atoms with Gasteiger partial charge >= 0.3 is 0 Å². The number of benzene rings is 1. The van der Waals surface area contributed by atoms with Crippen LogP contribution in [0.5, 0.6) is 5.75 Å². The van der Waals surface area contributed by atoms with Crippen LogP contribution in [0.15, 0.2) is 36.7 Å². The maximum absolute atomic E-state index is 5.54. The summed E-state index contributed by atoms with van der Waals surface area (Å²) in [5.74, 6) is 1.23. The molecule has 16 heavy (non-hydrogen) atoms. The molecule has 1 heterocycles. The van der Waals surface area contributed by atoms with Crippen LogP contribution in [-0.2, 0) is 6.61 Å². The molecule has 0 aliphatic rings. The molecule has 0 aliphatic carbocycles. The van der Waals surface area contributed by atoms with Crippen LogP contribution in [-0.4, -0.2) is 9.97 Å². The third kappa shape index (κ3) is 3.06. The van der Waals surface area contributed by atoms with Crippen molar-refractivity contribution in [1.29, 1.82) is 0 Å². The van der Waals surface area contributed by atoms with E-state index in [0.717, 1.165) is 11.4 Å². The minimum absolute atomic E-state index is 0.397. The van der Waals surface area contributed by atoms with E-state index < -0.39 is 0 Å². The van der Waals surface area contributed by atoms with Gasteiger partial charge in [0.1, 0.15) is 18.2 Å². The zero-order valence-electron chi connectivity index (χ0n) is 8.43. The van der Waals surface area contributed by atoms with E-state index in [0.29, 0.717) is 12.4 Å². The van der Waals surface area contributed by atoms with Gasteiger partial charge in [-0.05, 0) is 46.9 Å². The van der Waals surface area contributed by atoms with Gasteiger partial charge in [0.15, 0.2) is 0 Å². The fourth-order valence-electron chi connectivity index (χ4n) is 1.13. The summed E-state index contributed by atoms with van der Waals surface area (Å²) in [5, 5.41) is 0. The first kappa shape index (κ1) is 11.1. The second kappa shape index (κ2) is 5.11. The minimum Gasteiger partial charge on any atom is -0.487 e.